The van der Waals surface area contributed by atoms with Crippen molar-refractivity contribution in [3.8, 4) is 5.75 Å². The Kier molecular flexibility index (Phi) is 4.86. The van der Waals surface area contributed by atoms with Crippen LogP contribution in [0.2, 0.25) is 0 Å². The standard InChI is InChI=1S/C15H19N3O/c1-3-9-16-15(13-8-10-17-18-11-13)12-4-6-14(19-2)7-5-12/h4-8,10-11,15-16H,3,9H2,1-2H3. The lowest BCUT2D eigenvalue weighted by Crippen LogP contribution is -2.23. The largest absolute Gasteiger partial charge is 0.497 e. The number of hydrogen-bond acceptors (Lipinski definition) is 4. The zero-order valence-electron chi connectivity index (χ0n) is 11.3. The van der Waals surface area contributed by atoms with Gasteiger partial charge >= 0.3 is 0 Å². The Morgan fingerprint density at radius 1 is 1.11 bits per heavy atom. The minimum Gasteiger partial charge on any atom is -0.497 e. The average Bonchev–Trinajstić information content (AvgIpc) is 2.49. The quantitative estimate of drug-likeness (QED) is 0.864. The molecule has 19 heavy (non-hydrogen) atoms. The van der Waals surface area contributed by atoms with E-state index in [2.05, 4.69) is 34.6 Å². The highest BCUT2D eigenvalue weighted by molar-refractivity contribution is 5.34. The van der Waals surface area contributed by atoms with Crippen LogP contribution in [0.4, 0.5) is 0 Å². The molecular weight excluding hydrogens is 238 g/mol. The summed E-state index contributed by atoms with van der Waals surface area (Å²) in [7, 11) is 1.68. The van der Waals surface area contributed by atoms with Gasteiger partial charge in [0.2, 0.25) is 0 Å². The minimum absolute atomic E-state index is 0.140. The molecule has 0 aliphatic rings. The van der Waals surface area contributed by atoms with Gasteiger partial charge in [0.1, 0.15) is 5.75 Å². The Hall–Kier alpha value is -1.94. The first-order valence-corrected chi connectivity index (χ1v) is 6.49. The molecule has 0 radical (unpaired) electrons. The molecule has 0 fully saturated rings. The lowest BCUT2D eigenvalue weighted by Gasteiger charge is -2.19. The number of methoxy groups -OCH3 is 1. The molecular formula is C15H19N3O. The number of rotatable bonds is 6. The van der Waals surface area contributed by atoms with Crippen LogP contribution in [0.5, 0.6) is 5.75 Å². The van der Waals surface area contributed by atoms with E-state index in [1.807, 2.05) is 18.2 Å². The van der Waals surface area contributed by atoms with E-state index in [1.54, 1.807) is 19.5 Å². The van der Waals surface area contributed by atoms with Crippen LogP contribution in [0.15, 0.2) is 42.7 Å². The Morgan fingerprint density at radius 2 is 1.89 bits per heavy atom. The van der Waals surface area contributed by atoms with E-state index in [4.69, 9.17) is 4.74 Å². The van der Waals surface area contributed by atoms with Crippen LogP contribution in [-0.4, -0.2) is 23.9 Å². The van der Waals surface area contributed by atoms with Gasteiger partial charge in [0.25, 0.3) is 0 Å². The lowest BCUT2D eigenvalue weighted by atomic mass is 10.0. The molecule has 4 nitrogen and oxygen atoms in total. The molecule has 0 amide bonds. The highest BCUT2D eigenvalue weighted by atomic mass is 16.5. The van der Waals surface area contributed by atoms with Gasteiger partial charge in [-0.2, -0.15) is 10.2 Å². The molecule has 1 aromatic heterocycles. The van der Waals surface area contributed by atoms with Crippen LogP contribution in [0.1, 0.15) is 30.5 Å². The Morgan fingerprint density at radius 3 is 2.47 bits per heavy atom. The van der Waals surface area contributed by atoms with E-state index < -0.39 is 0 Å². The SMILES string of the molecule is CCCNC(c1ccc(OC)cc1)c1ccnnc1. The molecule has 0 saturated heterocycles. The van der Waals surface area contributed by atoms with Crippen molar-refractivity contribution in [2.45, 2.75) is 19.4 Å². The summed E-state index contributed by atoms with van der Waals surface area (Å²) < 4.78 is 5.19. The second-order valence-corrected chi connectivity index (χ2v) is 4.34. The van der Waals surface area contributed by atoms with Gasteiger partial charge in [0.05, 0.1) is 19.3 Å². The number of nitrogens with zero attached hydrogens (tertiary/aromatic N) is 2. The van der Waals surface area contributed by atoms with Gasteiger partial charge < -0.3 is 10.1 Å². The molecule has 0 bridgehead atoms. The van der Waals surface area contributed by atoms with E-state index in [0.717, 1.165) is 24.3 Å². The molecule has 1 N–H and O–H groups in total. The maximum atomic E-state index is 5.19. The summed E-state index contributed by atoms with van der Waals surface area (Å²) in [5.74, 6) is 0.867. The van der Waals surface area contributed by atoms with E-state index >= 15 is 0 Å². The van der Waals surface area contributed by atoms with Gasteiger partial charge in [-0.15, -0.1) is 0 Å². The Bertz CT molecular complexity index is 485. The van der Waals surface area contributed by atoms with Crippen molar-refractivity contribution >= 4 is 0 Å². The van der Waals surface area contributed by atoms with Crippen molar-refractivity contribution in [1.82, 2.24) is 15.5 Å². The van der Waals surface area contributed by atoms with Crippen molar-refractivity contribution in [3.63, 3.8) is 0 Å². The van der Waals surface area contributed by atoms with Crippen LogP contribution < -0.4 is 10.1 Å². The second kappa shape index (κ2) is 6.85. The zero-order valence-corrected chi connectivity index (χ0v) is 11.3. The fraction of sp³-hybridized carbons (Fsp3) is 0.333. The van der Waals surface area contributed by atoms with Crippen molar-refractivity contribution in [3.05, 3.63) is 53.9 Å². The predicted octanol–water partition coefficient (Wildman–Crippen LogP) is 2.57. The van der Waals surface area contributed by atoms with Gasteiger partial charge in [-0.3, -0.25) is 0 Å². The van der Waals surface area contributed by atoms with Crippen molar-refractivity contribution in [1.29, 1.82) is 0 Å². The van der Waals surface area contributed by atoms with E-state index in [9.17, 15) is 0 Å². The topological polar surface area (TPSA) is 47.0 Å². The van der Waals surface area contributed by atoms with Crippen molar-refractivity contribution < 1.29 is 4.74 Å². The third kappa shape index (κ3) is 3.51. The summed E-state index contributed by atoms with van der Waals surface area (Å²) in [5, 5.41) is 11.3. The molecule has 2 rings (SSSR count). The number of nitrogens with one attached hydrogen (secondary N) is 1. The summed E-state index contributed by atoms with van der Waals surface area (Å²) in [6.45, 7) is 3.11. The van der Waals surface area contributed by atoms with Gasteiger partial charge in [-0.1, -0.05) is 19.1 Å². The maximum Gasteiger partial charge on any atom is 0.118 e. The smallest absolute Gasteiger partial charge is 0.118 e. The molecule has 1 unspecified atom stereocenters. The van der Waals surface area contributed by atoms with Gasteiger partial charge in [0.15, 0.2) is 0 Å². The molecule has 2 aromatic rings. The summed E-state index contributed by atoms with van der Waals surface area (Å²) in [4.78, 5) is 0. The number of ether oxygens (including phenoxy) is 1. The summed E-state index contributed by atoms with van der Waals surface area (Å²) in [5.41, 5.74) is 2.32. The summed E-state index contributed by atoms with van der Waals surface area (Å²) >= 11 is 0. The molecule has 0 saturated carbocycles. The highest BCUT2D eigenvalue weighted by Gasteiger charge is 2.13. The molecule has 100 valence electrons. The molecule has 1 aromatic carbocycles. The van der Waals surface area contributed by atoms with Crippen LogP contribution in [0, 0.1) is 0 Å². The molecule has 1 atom stereocenters. The third-order valence-electron chi connectivity index (χ3n) is 2.99. The predicted molar refractivity (Wildman–Crippen MR) is 75.2 cm³/mol. The maximum absolute atomic E-state index is 5.19. The summed E-state index contributed by atoms with van der Waals surface area (Å²) in [6.07, 6.45) is 4.61. The van der Waals surface area contributed by atoms with Crippen molar-refractivity contribution in [2.75, 3.05) is 13.7 Å². The van der Waals surface area contributed by atoms with E-state index in [1.165, 1.54) is 5.56 Å². The number of benzene rings is 1. The van der Waals surface area contributed by atoms with Gasteiger partial charge in [-0.05, 0) is 42.3 Å². The minimum atomic E-state index is 0.140. The van der Waals surface area contributed by atoms with Crippen molar-refractivity contribution in [2.24, 2.45) is 0 Å². The molecule has 4 heteroatoms. The van der Waals surface area contributed by atoms with Crippen LogP contribution in [0.3, 0.4) is 0 Å². The monoisotopic (exact) mass is 257 g/mol. The normalized spacial score (nSPS) is 12.1. The fourth-order valence-corrected chi connectivity index (χ4v) is 1.98. The number of aromatic nitrogens is 2. The Labute approximate surface area is 113 Å². The van der Waals surface area contributed by atoms with E-state index in [-0.39, 0.29) is 6.04 Å². The zero-order chi connectivity index (χ0) is 13.5. The second-order valence-electron chi connectivity index (χ2n) is 4.34. The lowest BCUT2D eigenvalue weighted by molar-refractivity contribution is 0.414. The first-order valence-electron chi connectivity index (χ1n) is 6.49. The molecule has 0 aliphatic carbocycles. The number of hydrogen-bond donors (Lipinski definition) is 1. The first kappa shape index (κ1) is 13.5. The Balaban J connectivity index is 2.26. The first-order chi connectivity index (χ1) is 9.35. The van der Waals surface area contributed by atoms with E-state index in [0.29, 0.717) is 0 Å². The average molecular weight is 257 g/mol. The van der Waals surface area contributed by atoms with Crippen LogP contribution >= 0.6 is 0 Å². The van der Waals surface area contributed by atoms with Gasteiger partial charge in [0, 0.05) is 6.20 Å². The molecule has 0 spiro atoms. The summed E-state index contributed by atoms with van der Waals surface area (Å²) in [6, 6.07) is 10.2. The van der Waals surface area contributed by atoms with Crippen LogP contribution in [-0.2, 0) is 0 Å². The van der Waals surface area contributed by atoms with Crippen LogP contribution in [0.25, 0.3) is 0 Å². The third-order valence-corrected chi connectivity index (χ3v) is 2.99. The highest BCUT2D eigenvalue weighted by Crippen LogP contribution is 2.23. The molecule has 1 heterocycles. The molecule has 0 aliphatic heterocycles. The fourth-order valence-electron chi connectivity index (χ4n) is 1.98. The van der Waals surface area contributed by atoms with Gasteiger partial charge in [-0.25, -0.2) is 0 Å².